The number of nitrogens with zero attached hydrogens (tertiary/aromatic N) is 2. The molecule has 2 amide bonds. The zero-order valence-electron chi connectivity index (χ0n) is 13.6. The first kappa shape index (κ1) is 17.0. The number of hydrogen-bond acceptors (Lipinski definition) is 6. The van der Waals surface area contributed by atoms with E-state index >= 15 is 0 Å². The van der Waals surface area contributed by atoms with Crippen LogP contribution in [0.3, 0.4) is 0 Å². The average molecular weight is 366 g/mol. The Kier molecular flexibility index (Phi) is 4.39. The number of aromatic amines is 1. The summed E-state index contributed by atoms with van der Waals surface area (Å²) in [4.78, 5) is 45.1. The molecule has 0 radical (unpaired) electrons. The maximum atomic E-state index is 12.5. The number of nitrogens with one attached hydrogen (secondary N) is 2. The minimum atomic E-state index is -0.558. The Balaban J connectivity index is 1.72. The molecule has 3 heterocycles. The summed E-state index contributed by atoms with van der Waals surface area (Å²) in [7, 11) is 1.64. The number of thiophene rings is 1. The van der Waals surface area contributed by atoms with Crippen molar-refractivity contribution >= 4 is 45.1 Å². The molecule has 0 bridgehead atoms. The van der Waals surface area contributed by atoms with Gasteiger partial charge in [0, 0.05) is 12.8 Å². The Morgan fingerprint density at radius 1 is 1.46 bits per heavy atom. The van der Waals surface area contributed by atoms with Crippen LogP contribution >= 0.6 is 23.1 Å². The predicted octanol–water partition coefficient (Wildman–Crippen LogP) is 0.953. The summed E-state index contributed by atoms with van der Waals surface area (Å²) in [6, 6.07) is 1.22. The van der Waals surface area contributed by atoms with Crippen LogP contribution in [0.1, 0.15) is 19.7 Å². The Hall–Kier alpha value is -1.87. The molecule has 0 saturated carbocycles. The van der Waals surface area contributed by atoms with Crippen LogP contribution in [-0.2, 0) is 16.1 Å². The molecule has 9 heteroatoms. The van der Waals surface area contributed by atoms with E-state index in [0.29, 0.717) is 21.8 Å². The van der Waals surface area contributed by atoms with Gasteiger partial charge in [-0.3, -0.25) is 14.4 Å². The lowest BCUT2D eigenvalue weighted by molar-refractivity contribution is -0.136. The molecule has 1 fully saturated rings. The fourth-order valence-electron chi connectivity index (χ4n) is 2.43. The molecule has 0 spiro atoms. The first-order valence-corrected chi connectivity index (χ1v) is 9.31. The molecule has 2 aromatic rings. The van der Waals surface area contributed by atoms with E-state index in [-0.39, 0.29) is 23.9 Å². The Morgan fingerprint density at radius 2 is 2.21 bits per heavy atom. The van der Waals surface area contributed by atoms with Crippen LogP contribution in [0.5, 0.6) is 0 Å². The Morgan fingerprint density at radius 3 is 2.92 bits per heavy atom. The van der Waals surface area contributed by atoms with Crippen molar-refractivity contribution in [3.63, 3.8) is 0 Å². The van der Waals surface area contributed by atoms with Gasteiger partial charge in [-0.15, -0.1) is 23.1 Å². The molecule has 1 aliphatic rings. The van der Waals surface area contributed by atoms with Gasteiger partial charge >= 0.3 is 0 Å². The van der Waals surface area contributed by atoms with Crippen molar-refractivity contribution < 1.29 is 9.59 Å². The number of aromatic nitrogens is 2. The molecule has 24 heavy (non-hydrogen) atoms. The van der Waals surface area contributed by atoms with E-state index in [9.17, 15) is 14.4 Å². The third-order valence-electron chi connectivity index (χ3n) is 3.89. The average Bonchev–Trinajstić information content (AvgIpc) is 2.98. The molecule has 3 rings (SSSR count). The first-order valence-electron chi connectivity index (χ1n) is 7.44. The van der Waals surface area contributed by atoms with Crippen LogP contribution in [0.2, 0.25) is 0 Å². The first-order chi connectivity index (χ1) is 11.3. The Labute approximate surface area is 146 Å². The molecule has 128 valence electrons. The van der Waals surface area contributed by atoms with E-state index in [4.69, 9.17) is 0 Å². The minimum absolute atomic E-state index is 0.142. The number of amides is 2. The monoisotopic (exact) mass is 366 g/mol. The highest BCUT2D eigenvalue weighted by atomic mass is 32.2. The normalized spacial score (nSPS) is 20.0. The minimum Gasteiger partial charge on any atom is -0.342 e. The van der Waals surface area contributed by atoms with Crippen LogP contribution in [0.25, 0.3) is 10.2 Å². The standard InChI is InChI=1S/C15H18N4O3S2/c1-15(2)14(22)17-9(7-24-15)13(21)19(3)6-10-16-8-4-5-23-11(8)12(20)18-10/h4-5,9H,6-7H2,1-3H3,(H,17,22)(H,16,18,20)/t9-/m1/s1. The number of likely N-dealkylation sites (N-methyl/N-ethyl adjacent to an activating group) is 1. The van der Waals surface area contributed by atoms with Crippen LogP contribution in [-0.4, -0.2) is 50.3 Å². The van der Waals surface area contributed by atoms with Crippen molar-refractivity contribution in [3.05, 3.63) is 27.6 Å². The summed E-state index contributed by atoms with van der Waals surface area (Å²) in [6.07, 6.45) is 0. The van der Waals surface area contributed by atoms with Crippen LogP contribution in [0.15, 0.2) is 16.2 Å². The largest absolute Gasteiger partial charge is 0.342 e. The van der Waals surface area contributed by atoms with Gasteiger partial charge in [0.15, 0.2) is 0 Å². The van der Waals surface area contributed by atoms with Gasteiger partial charge in [0.2, 0.25) is 11.8 Å². The van der Waals surface area contributed by atoms with Crippen molar-refractivity contribution in [2.45, 2.75) is 31.2 Å². The lowest BCUT2D eigenvalue weighted by Gasteiger charge is -2.34. The fourth-order valence-corrected chi connectivity index (χ4v) is 4.15. The van der Waals surface area contributed by atoms with Gasteiger partial charge < -0.3 is 15.2 Å². The second-order valence-corrected chi connectivity index (χ2v) is 8.75. The fraction of sp³-hybridized carbons (Fsp3) is 0.467. The Bertz CT molecular complexity index is 858. The molecule has 0 unspecified atom stereocenters. The molecule has 2 aromatic heterocycles. The lowest BCUT2D eigenvalue weighted by Crippen LogP contribution is -2.57. The van der Waals surface area contributed by atoms with E-state index in [2.05, 4.69) is 15.3 Å². The quantitative estimate of drug-likeness (QED) is 0.843. The van der Waals surface area contributed by atoms with Crippen LogP contribution in [0.4, 0.5) is 0 Å². The summed E-state index contributed by atoms with van der Waals surface area (Å²) in [5.41, 5.74) is 0.428. The zero-order valence-corrected chi connectivity index (χ0v) is 15.2. The van der Waals surface area contributed by atoms with Crippen LogP contribution in [0, 0.1) is 0 Å². The van der Waals surface area contributed by atoms with Gasteiger partial charge in [-0.05, 0) is 25.3 Å². The molecule has 1 atom stereocenters. The summed E-state index contributed by atoms with van der Waals surface area (Å²) in [6.45, 7) is 3.85. The van der Waals surface area contributed by atoms with Gasteiger partial charge in [0.1, 0.15) is 16.6 Å². The number of hydrogen-bond donors (Lipinski definition) is 2. The van der Waals surface area contributed by atoms with Gasteiger partial charge in [-0.1, -0.05) is 0 Å². The SMILES string of the molecule is CN(Cc1nc2ccsc2c(=O)[nH]1)C(=O)[C@H]1CSC(C)(C)C(=O)N1. The third kappa shape index (κ3) is 3.18. The second kappa shape index (κ2) is 6.21. The van der Waals surface area contributed by atoms with E-state index in [1.54, 1.807) is 13.1 Å². The second-order valence-electron chi connectivity index (χ2n) is 6.19. The highest BCUT2D eigenvalue weighted by Gasteiger charge is 2.38. The number of carbonyl (C=O) groups is 2. The van der Waals surface area contributed by atoms with Crippen molar-refractivity contribution in [2.24, 2.45) is 0 Å². The highest BCUT2D eigenvalue weighted by molar-refractivity contribution is 8.01. The van der Waals surface area contributed by atoms with Gasteiger partial charge in [-0.25, -0.2) is 4.98 Å². The van der Waals surface area contributed by atoms with Gasteiger partial charge in [-0.2, -0.15) is 0 Å². The molecular formula is C15H18N4O3S2. The molecular weight excluding hydrogens is 348 g/mol. The smallest absolute Gasteiger partial charge is 0.268 e. The van der Waals surface area contributed by atoms with Crippen molar-refractivity contribution in [1.29, 1.82) is 0 Å². The molecule has 1 saturated heterocycles. The molecule has 0 aliphatic carbocycles. The molecule has 1 aliphatic heterocycles. The van der Waals surface area contributed by atoms with Gasteiger partial charge in [0.05, 0.1) is 16.8 Å². The van der Waals surface area contributed by atoms with E-state index in [1.165, 1.54) is 28.0 Å². The maximum absolute atomic E-state index is 12.5. The topological polar surface area (TPSA) is 95.2 Å². The van der Waals surface area contributed by atoms with E-state index < -0.39 is 10.8 Å². The number of H-pyrrole nitrogens is 1. The van der Waals surface area contributed by atoms with Crippen molar-refractivity contribution in [2.75, 3.05) is 12.8 Å². The lowest BCUT2D eigenvalue weighted by atomic mass is 10.1. The maximum Gasteiger partial charge on any atom is 0.268 e. The summed E-state index contributed by atoms with van der Waals surface area (Å²) < 4.78 is 0.0532. The molecule has 7 nitrogen and oxygen atoms in total. The molecule has 2 N–H and O–H groups in total. The summed E-state index contributed by atoms with van der Waals surface area (Å²) in [5, 5.41) is 4.58. The number of thioether (sulfide) groups is 1. The predicted molar refractivity (Wildman–Crippen MR) is 95.2 cm³/mol. The summed E-state index contributed by atoms with van der Waals surface area (Å²) in [5.74, 6) is 0.614. The number of fused-ring (bicyclic) bond motifs is 1. The van der Waals surface area contributed by atoms with Crippen molar-refractivity contribution in [3.8, 4) is 0 Å². The zero-order chi connectivity index (χ0) is 17.5. The highest BCUT2D eigenvalue weighted by Crippen LogP contribution is 2.29. The summed E-state index contributed by atoms with van der Waals surface area (Å²) >= 11 is 2.80. The van der Waals surface area contributed by atoms with Crippen molar-refractivity contribution in [1.82, 2.24) is 20.2 Å². The van der Waals surface area contributed by atoms with Crippen LogP contribution < -0.4 is 10.9 Å². The third-order valence-corrected chi connectivity index (χ3v) is 6.20. The van der Waals surface area contributed by atoms with E-state index in [0.717, 1.165) is 0 Å². The van der Waals surface area contributed by atoms with E-state index in [1.807, 2.05) is 19.2 Å². The number of carbonyl (C=O) groups excluding carboxylic acids is 2. The molecule has 0 aromatic carbocycles. The van der Waals surface area contributed by atoms with Gasteiger partial charge in [0.25, 0.3) is 5.56 Å². The number of rotatable bonds is 3.